The number of amides is 1. The van der Waals surface area contributed by atoms with Gasteiger partial charge in [0.05, 0.1) is 19.8 Å². The number of carbonyl (C=O) groups is 3. The van der Waals surface area contributed by atoms with Gasteiger partial charge in [0.25, 0.3) is 5.91 Å². The van der Waals surface area contributed by atoms with E-state index in [9.17, 15) is 14.4 Å². The second-order valence-corrected chi connectivity index (χ2v) is 9.24. The Morgan fingerprint density at radius 3 is 2.54 bits per heavy atom. The van der Waals surface area contributed by atoms with Gasteiger partial charge in [-0.2, -0.15) is 0 Å². The van der Waals surface area contributed by atoms with Crippen molar-refractivity contribution in [1.82, 2.24) is 15.2 Å². The van der Waals surface area contributed by atoms with Crippen molar-refractivity contribution >= 4 is 46.2 Å². The molecule has 0 atom stereocenters. The zero-order valence-corrected chi connectivity index (χ0v) is 23.8. The van der Waals surface area contributed by atoms with Crippen LogP contribution >= 0.6 is 17.0 Å². The maximum Gasteiger partial charge on any atom is 0.303 e. The molecule has 1 aromatic carbocycles. The number of nitrogens with zero attached hydrogens (tertiary/aromatic N) is 3. The molecule has 0 bridgehead atoms. The van der Waals surface area contributed by atoms with Crippen molar-refractivity contribution in [1.29, 1.82) is 5.41 Å². The quantitative estimate of drug-likeness (QED) is 0.246. The summed E-state index contributed by atoms with van der Waals surface area (Å²) in [5, 5.41) is 20.1. The van der Waals surface area contributed by atoms with Gasteiger partial charge in [0, 0.05) is 56.0 Å². The first-order valence-electron chi connectivity index (χ1n) is 12.8. The maximum atomic E-state index is 13.4. The van der Waals surface area contributed by atoms with Crippen LogP contribution in [0.15, 0.2) is 24.3 Å². The van der Waals surface area contributed by atoms with Crippen LogP contribution in [0, 0.1) is 5.41 Å². The van der Waals surface area contributed by atoms with E-state index in [1.54, 1.807) is 17.0 Å². The molecule has 1 saturated heterocycles. The first kappa shape index (κ1) is 29.9. The predicted molar refractivity (Wildman–Crippen MR) is 151 cm³/mol. The van der Waals surface area contributed by atoms with Crippen molar-refractivity contribution in [2.75, 3.05) is 44.8 Å². The number of hydrogen-bond donors (Lipinski definition) is 3. The zero-order chi connectivity index (χ0) is 27.2. The predicted octanol–water partition coefficient (Wildman–Crippen LogP) is 3.29. The van der Waals surface area contributed by atoms with Gasteiger partial charge in [0.15, 0.2) is 17.2 Å². The Morgan fingerprint density at radius 2 is 1.87 bits per heavy atom. The summed E-state index contributed by atoms with van der Waals surface area (Å²) in [4.78, 5) is 44.8. The van der Waals surface area contributed by atoms with Gasteiger partial charge in [-0.05, 0) is 44.4 Å². The molecule has 0 spiro atoms. The summed E-state index contributed by atoms with van der Waals surface area (Å²) >= 11 is 0. The molecule has 1 fully saturated rings. The number of anilines is 1. The number of hydrogen-bond acceptors (Lipinski definition) is 8. The molecule has 0 saturated carbocycles. The summed E-state index contributed by atoms with van der Waals surface area (Å²) in [6.45, 7) is 4.44. The molecule has 0 radical (unpaired) electrons. The molecule has 2 aliphatic rings. The second kappa shape index (κ2) is 13.4. The molecule has 12 heteroatoms. The number of carboxylic acids is 1. The SMILES string of the molecule is Br.CCOc1cc2c(nc1C(=O)NC)C(=N)N(CC(=O)c1cc(OCCCC(=O)O)cc(N3CCCC3)c1)C2. The van der Waals surface area contributed by atoms with Crippen molar-refractivity contribution in [2.45, 2.75) is 39.2 Å². The summed E-state index contributed by atoms with van der Waals surface area (Å²) in [6, 6.07) is 7.12. The highest BCUT2D eigenvalue weighted by Crippen LogP contribution is 2.30. The molecular weight excluding hydrogens is 570 g/mol. The highest BCUT2D eigenvalue weighted by Gasteiger charge is 2.31. The topological polar surface area (TPSA) is 145 Å². The van der Waals surface area contributed by atoms with Crippen molar-refractivity contribution in [2.24, 2.45) is 0 Å². The van der Waals surface area contributed by atoms with Gasteiger partial charge in [0.1, 0.15) is 17.3 Å². The molecule has 210 valence electrons. The maximum absolute atomic E-state index is 13.4. The van der Waals surface area contributed by atoms with E-state index >= 15 is 0 Å². The number of benzene rings is 1. The van der Waals surface area contributed by atoms with Crippen LogP contribution in [-0.4, -0.2) is 78.4 Å². The lowest BCUT2D eigenvalue weighted by atomic mass is 10.1. The van der Waals surface area contributed by atoms with Gasteiger partial charge in [-0.3, -0.25) is 19.8 Å². The standard InChI is InChI=1S/C27H33N5O6.BrH/c1-3-37-22-13-18-15-32(26(28)24(18)30-25(22)27(36)29-2)16-21(33)17-11-19(31-8-4-5-9-31)14-20(12-17)38-10-6-7-23(34)35;/h11-14,28H,3-10,15-16H2,1-2H3,(H,29,36)(H,34,35);1H. The lowest BCUT2D eigenvalue weighted by molar-refractivity contribution is -0.137. The molecule has 11 nitrogen and oxygen atoms in total. The molecule has 2 aliphatic heterocycles. The molecule has 0 aliphatic carbocycles. The number of fused-ring (bicyclic) bond motifs is 1. The van der Waals surface area contributed by atoms with E-state index in [1.165, 1.54) is 7.05 Å². The van der Waals surface area contributed by atoms with Gasteiger partial charge in [-0.1, -0.05) is 0 Å². The number of rotatable bonds is 12. The van der Waals surface area contributed by atoms with E-state index in [0.717, 1.165) is 31.6 Å². The summed E-state index contributed by atoms with van der Waals surface area (Å²) in [5.74, 6) is -0.545. The first-order chi connectivity index (χ1) is 18.3. The minimum Gasteiger partial charge on any atom is -0.493 e. The van der Waals surface area contributed by atoms with Gasteiger partial charge in [-0.25, -0.2) is 4.98 Å². The average molecular weight is 605 g/mol. The van der Waals surface area contributed by atoms with Crippen molar-refractivity contribution < 1.29 is 29.0 Å². The van der Waals surface area contributed by atoms with Crippen LogP contribution in [0.1, 0.15) is 64.7 Å². The number of amidine groups is 1. The molecule has 2 aromatic rings. The van der Waals surface area contributed by atoms with E-state index in [-0.39, 0.29) is 53.9 Å². The Bertz CT molecular complexity index is 1250. The number of aliphatic carboxylic acids is 1. The fourth-order valence-corrected chi connectivity index (χ4v) is 4.64. The van der Waals surface area contributed by atoms with Crippen LogP contribution in [0.25, 0.3) is 0 Å². The number of pyridine rings is 1. The van der Waals surface area contributed by atoms with Crippen molar-refractivity contribution in [3.8, 4) is 11.5 Å². The van der Waals surface area contributed by atoms with Crippen LogP contribution in [0.3, 0.4) is 0 Å². The first-order valence-corrected chi connectivity index (χ1v) is 12.8. The zero-order valence-electron chi connectivity index (χ0n) is 22.1. The molecule has 0 unspecified atom stereocenters. The number of carboxylic acid groups (broad SMARTS) is 1. The molecular formula is C27H34BrN5O6. The highest BCUT2D eigenvalue weighted by atomic mass is 79.9. The number of Topliss-reactive ketones (excluding diaryl/α,β-unsaturated/α-hetero) is 1. The number of halogens is 1. The lowest BCUT2D eigenvalue weighted by Gasteiger charge is -2.21. The molecule has 1 aromatic heterocycles. The third-order valence-corrected chi connectivity index (χ3v) is 6.53. The number of nitrogens with one attached hydrogen (secondary N) is 2. The Hall–Kier alpha value is -3.67. The normalized spacial score (nSPS) is 14.1. The number of carbonyl (C=O) groups excluding carboxylic acids is 2. The van der Waals surface area contributed by atoms with E-state index in [1.807, 2.05) is 19.1 Å². The van der Waals surface area contributed by atoms with Crippen molar-refractivity contribution in [3.63, 3.8) is 0 Å². The molecule has 3 heterocycles. The van der Waals surface area contributed by atoms with Crippen LogP contribution in [-0.2, 0) is 11.3 Å². The van der Waals surface area contributed by atoms with Gasteiger partial charge >= 0.3 is 5.97 Å². The molecule has 1 amide bonds. The van der Waals surface area contributed by atoms with E-state index in [2.05, 4.69) is 15.2 Å². The Morgan fingerprint density at radius 1 is 1.13 bits per heavy atom. The van der Waals surface area contributed by atoms with Crippen LogP contribution in [0.5, 0.6) is 11.5 Å². The minimum atomic E-state index is -0.880. The molecule has 39 heavy (non-hydrogen) atoms. The Balaban J connectivity index is 0.00000420. The molecule has 4 rings (SSSR count). The summed E-state index contributed by atoms with van der Waals surface area (Å²) in [5.41, 5.74) is 2.52. The van der Waals surface area contributed by atoms with E-state index < -0.39 is 11.9 Å². The van der Waals surface area contributed by atoms with E-state index in [0.29, 0.717) is 47.9 Å². The fourth-order valence-electron chi connectivity index (χ4n) is 4.64. The Labute approximate surface area is 237 Å². The number of ether oxygens (including phenoxy) is 2. The van der Waals surface area contributed by atoms with Crippen LogP contribution in [0.4, 0.5) is 5.69 Å². The van der Waals surface area contributed by atoms with Crippen molar-refractivity contribution in [3.05, 3.63) is 46.8 Å². The monoisotopic (exact) mass is 603 g/mol. The third kappa shape index (κ3) is 7.05. The van der Waals surface area contributed by atoms with Gasteiger partial charge in [-0.15, -0.1) is 17.0 Å². The highest BCUT2D eigenvalue weighted by molar-refractivity contribution is 8.93. The van der Waals surface area contributed by atoms with E-state index in [4.69, 9.17) is 20.0 Å². The third-order valence-electron chi connectivity index (χ3n) is 6.53. The summed E-state index contributed by atoms with van der Waals surface area (Å²) in [7, 11) is 1.50. The fraction of sp³-hybridized carbons (Fsp3) is 0.444. The van der Waals surface area contributed by atoms with Gasteiger partial charge < -0.3 is 29.7 Å². The minimum absolute atomic E-state index is 0. The summed E-state index contributed by atoms with van der Waals surface area (Å²) in [6.07, 6.45) is 2.52. The Kier molecular flexibility index (Phi) is 10.3. The molecule has 3 N–H and O–H groups in total. The van der Waals surface area contributed by atoms with Crippen LogP contribution in [0.2, 0.25) is 0 Å². The van der Waals surface area contributed by atoms with Gasteiger partial charge in [0.2, 0.25) is 0 Å². The average Bonchev–Trinajstić information content (AvgIpc) is 3.54. The van der Waals surface area contributed by atoms with Crippen LogP contribution < -0.4 is 19.7 Å². The largest absolute Gasteiger partial charge is 0.493 e. The second-order valence-electron chi connectivity index (χ2n) is 9.24. The lowest BCUT2D eigenvalue weighted by Crippen LogP contribution is -2.31. The number of aromatic nitrogens is 1. The summed E-state index contributed by atoms with van der Waals surface area (Å²) < 4.78 is 11.4. The smallest absolute Gasteiger partial charge is 0.303 e. The number of ketones is 1.